The third-order valence-electron chi connectivity index (χ3n) is 3.87. The smallest absolute Gasteiger partial charge is 0.220 e. The lowest BCUT2D eigenvalue weighted by Crippen LogP contribution is -2.22. The van der Waals surface area contributed by atoms with Gasteiger partial charge in [-0.25, -0.2) is 4.68 Å². The lowest BCUT2D eigenvalue weighted by atomic mass is 10.1. The number of amides is 1. The van der Waals surface area contributed by atoms with Crippen molar-refractivity contribution in [2.75, 3.05) is 0 Å². The van der Waals surface area contributed by atoms with Crippen LogP contribution in [0.1, 0.15) is 23.1 Å². The number of aromatic nitrogens is 2. The Kier molecular flexibility index (Phi) is 5.06. The summed E-state index contributed by atoms with van der Waals surface area (Å²) in [7, 11) is 0. The van der Waals surface area contributed by atoms with Crippen molar-refractivity contribution in [2.45, 2.75) is 26.3 Å². The molecule has 3 aromatic rings. The van der Waals surface area contributed by atoms with Crippen LogP contribution >= 0.6 is 0 Å². The van der Waals surface area contributed by atoms with Gasteiger partial charge in [-0.1, -0.05) is 48.0 Å². The van der Waals surface area contributed by atoms with Gasteiger partial charge in [-0.05, 0) is 31.0 Å². The second-order valence-corrected chi connectivity index (χ2v) is 5.89. The molecule has 0 radical (unpaired) electrons. The minimum Gasteiger partial charge on any atom is -0.352 e. The average molecular weight is 319 g/mol. The topological polar surface area (TPSA) is 46.9 Å². The summed E-state index contributed by atoms with van der Waals surface area (Å²) >= 11 is 0. The highest BCUT2D eigenvalue weighted by atomic mass is 16.1. The number of nitrogens with one attached hydrogen (secondary N) is 1. The zero-order valence-corrected chi connectivity index (χ0v) is 13.8. The van der Waals surface area contributed by atoms with E-state index in [-0.39, 0.29) is 5.91 Å². The molecule has 4 heteroatoms. The van der Waals surface area contributed by atoms with Crippen molar-refractivity contribution in [3.05, 3.63) is 83.7 Å². The maximum Gasteiger partial charge on any atom is 0.220 e. The van der Waals surface area contributed by atoms with E-state index < -0.39 is 0 Å². The van der Waals surface area contributed by atoms with Gasteiger partial charge in [-0.3, -0.25) is 4.79 Å². The van der Waals surface area contributed by atoms with E-state index in [0.29, 0.717) is 13.0 Å². The summed E-state index contributed by atoms with van der Waals surface area (Å²) in [6.07, 6.45) is 4.98. The summed E-state index contributed by atoms with van der Waals surface area (Å²) in [6, 6.07) is 18.2. The number of rotatable bonds is 6. The summed E-state index contributed by atoms with van der Waals surface area (Å²) in [5.74, 6) is 0.0592. The first-order chi connectivity index (χ1) is 11.7. The van der Waals surface area contributed by atoms with Crippen LogP contribution in [-0.2, 0) is 17.8 Å². The predicted octanol–water partition coefficient (Wildman–Crippen LogP) is 3.43. The lowest BCUT2D eigenvalue weighted by molar-refractivity contribution is -0.121. The van der Waals surface area contributed by atoms with Gasteiger partial charge in [0, 0.05) is 24.7 Å². The molecule has 1 aromatic heterocycles. The minimum atomic E-state index is 0.0592. The molecule has 0 fully saturated rings. The van der Waals surface area contributed by atoms with Crippen LogP contribution in [0.3, 0.4) is 0 Å². The van der Waals surface area contributed by atoms with E-state index in [9.17, 15) is 4.79 Å². The van der Waals surface area contributed by atoms with Gasteiger partial charge in [0.15, 0.2) is 0 Å². The fourth-order valence-electron chi connectivity index (χ4n) is 2.59. The molecule has 2 aromatic carbocycles. The summed E-state index contributed by atoms with van der Waals surface area (Å²) in [4.78, 5) is 12.0. The Balaban J connectivity index is 1.49. The minimum absolute atomic E-state index is 0.0592. The number of carbonyl (C=O) groups is 1. The van der Waals surface area contributed by atoms with Crippen LogP contribution < -0.4 is 5.32 Å². The van der Waals surface area contributed by atoms with Crippen molar-refractivity contribution in [3.63, 3.8) is 0 Å². The molecule has 1 amide bonds. The van der Waals surface area contributed by atoms with Crippen LogP contribution in [0.2, 0.25) is 0 Å². The number of benzene rings is 2. The van der Waals surface area contributed by atoms with Gasteiger partial charge >= 0.3 is 0 Å². The van der Waals surface area contributed by atoms with Crippen molar-refractivity contribution >= 4 is 5.91 Å². The van der Waals surface area contributed by atoms with Crippen LogP contribution in [0.4, 0.5) is 0 Å². The van der Waals surface area contributed by atoms with Crippen molar-refractivity contribution < 1.29 is 4.79 Å². The normalized spacial score (nSPS) is 10.5. The van der Waals surface area contributed by atoms with E-state index in [1.54, 1.807) is 6.20 Å². The highest BCUT2D eigenvalue weighted by molar-refractivity contribution is 5.76. The molecule has 0 saturated carbocycles. The van der Waals surface area contributed by atoms with Crippen molar-refractivity contribution in [1.82, 2.24) is 15.1 Å². The third-order valence-corrected chi connectivity index (χ3v) is 3.87. The van der Waals surface area contributed by atoms with E-state index in [4.69, 9.17) is 0 Å². The number of nitrogens with zero attached hydrogens (tertiary/aromatic N) is 2. The number of aryl methyl sites for hydroxylation is 2. The second kappa shape index (κ2) is 7.59. The zero-order valence-electron chi connectivity index (χ0n) is 13.8. The molecule has 24 heavy (non-hydrogen) atoms. The van der Waals surface area contributed by atoms with Crippen molar-refractivity contribution in [2.24, 2.45) is 0 Å². The first kappa shape index (κ1) is 16.0. The van der Waals surface area contributed by atoms with E-state index in [1.165, 1.54) is 11.1 Å². The molecule has 0 saturated heterocycles. The Labute approximate surface area is 142 Å². The molecular formula is C20H21N3O. The van der Waals surface area contributed by atoms with E-state index in [1.807, 2.05) is 47.3 Å². The third kappa shape index (κ3) is 4.32. The molecular weight excluding hydrogens is 298 g/mol. The van der Waals surface area contributed by atoms with Gasteiger partial charge < -0.3 is 5.32 Å². The van der Waals surface area contributed by atoms with Gasteiger partial charge in [0.1, 0.15) is 0 Å². The summed E-state index contributed by atoms with van der Waals surface area (Å²) in [5.41, 5.74) is 4.42. The van der Waals surface area contributed by atoms with Gasteiger partial charge in [-0.15, -0.1) is 0 Å². The maximum atomic E-state index is 12.0. The highest BCUT2D eigenvalue weighted by Crippen LogP contribution is 2.08. The van der Waals surface area contributed by atoms with E-state index in [0.717, 1.165) is 17.7 Å². The monoisotopic (exact) mass is 319 g/mol. The fraction of sp³-hybridized carbons (Fsp3) is 0.200. The molecule has 0 atom stereocenters. The summed E-state index contributed by atoms with van der Waals surface area (Å²) in [5, 5.41) is 7.29. The molecule has 0 spiro atoms. The predicted molar refractivity (Wildman–Crippen MR) is 94.9 cm³/mol. The van der Waals surface area contributed by atoms with Gasteiger partial charge in [-0.2, -0.15) is 5.10 Å². The highest BCUT2D eigenvalue weighted by Gasteiger charge is 2.05. The molecule has 0 unspecified atom stereocenters. The molecule has 1 heterocycles. The molecule has 0 bridgehead atoms. The number of carbonyl (C=O) groups excluding carboxylic acids is 1. The molecule has 3 rings (SSSR count). The largest absolute Gasteiger partial charge is 0.352 e. The number of para-hydroxylation sites is 1. The van der Waals surface area contributed by atoms with Crippen LogP contribution in [0, 0.1) is 6.92 Å². The molecule has 1 N–H and O–H groups in total. The Morgan fingerprint density at radius 2 is 1.92 bits per heavy atom. The standard InChI is InChI=1S/C20H21N3O/c1-16-6-5-7-17(12-16)10-11-20(24)21-13-18-14-22-23(15-18)19-8-3-2-4-9-19/h2-9,12,14-15H,10-11,13H2,1H3,(H,21,24). The first-order valence-corrected chi connectivity index (χ1v) is 8.12. The molecule has 4 nitrogen and oxygen atoms in total. The summed E-state index contributed by atoms with van der Waals surface area (Å²) in [6.45, 7) is 2.56. The van der Waals surface area contributed by atoms with Crippen molar-refractivity contribution in [1.29, 1.82) is 0 Å². The molecule has 0 aliphatic heterocycles. The Bertz CT molecular complexity index is 809. The zero-order chi connectivity index (χ0) is 16.8. The second-order valence-electron chi connectivity index (χ2n) is 5.89. The lowest BCUT2D eigenvalue weighted by Gasteiger charge is -2.05. The molecule has 122 valence electrons. The van der Waals surface area contributed by atoms with E-state index >= 15 is 0 Å². The Hall–Kier alpha value is -2.88. The van der Waals surface area contributed by atoms with Crippen LogP contribution in [-0.4, -0.2) is 15.7 Å². The Morgan fingerprint density at radius 3 is 2.71 bits per heavy atom. The first-order valence-electron chi connectivity index (χ1n) is 8.12. The van der Waals surface area contributed by atoms with E-state index in [2.05, 4.69) is 35.5 Å². The quantitative estimate of drug-likeness (QED) is 0.756. The van der Waals surface area contributed by atoms with Gasteiger partial charge in [0.05, 0.1) is 11.9 Å². The molecule has 0 aliphatic carbocycles. The average Bonchev–Trinajstić information content (AvgIpc) is 3.08. The van der Waals surface area contributed by atoms with Crippen LogP contribution in [0.15, 0.2) is 67.0 Å². The fourth-order valence-corrected chi connectivity index (χ4v) is 2.59. The van der Waals surface area contributed by atoms with Gasteiger partial charge in [0.2, 0.25) is 5.91 Å². The molecule has 0 aliphatic rings. The van der Waals surface area contributed by atoms with Crippen molar-refractivity contribution in [3.8, 4) is 5.69 Å². The van der Waals surface area contributed by atoms with Crippen LogP contribution in [0.25, 0.3) is 5.69 Å². The summed E-state index contributed by atoms with van der Waals surface area (Å²) < 4.78 is 1.81. The Morgan fingerprint density at radius 1 is 1.08 bits per heavy atom. The van der Waals surface area contributed by atoms with Gasteiger partial charge in [0.25, 0.3) is 0 Å². The number of hydrogen-bond donors (Lipinski definition) is 1. The maximum absolute atomic E-state index is 12.0. The van der Waals surface area contributed by atoms with Crippen LogP contribution in [0.5, 0.6) is 0 Å². The SMILES string of the molecule is Cc1cccc(CCC(=O)NCc2cnn(-c3ccccc3)c2)c1. The number of hydrogen-bond acceptors (Lipinski definition) is 2.